The Kier molecular flexibility index (Phi) is 29.4. The molecule has 2 atom stereocenters. The minimum absolute atomic E-state index is 0.0295. The van der Waals surface area contributed by atoms with Crippen molar-refractivity contribution in [1.82, 2.24) is 0 Å². The van der Waals surface area contributed by atoms with Gasteiger partial charge in [0, 0.05) is 13.3 Å². The van der Waals surface area contributed by atoms with Crippen molar-refractivity contribution in [3.63, 3.8) is 0 Å². The quantitative estimate of drug-likeness (QED) is 0.0287. The third-order valence-corrected chi connectivity index (χ3v) is 9.15. The summed E-state index contributed by atoms with van der Waals surface area (Å²) >= 11 is 0. The van der Waals surface area contributed by atoms with Gasteiger partial charge in [0.25, 0.3) is 7.82 Å². The summed E-state index contributed by atoms with van der Waals surface area (Å²) in [5, 5.41) is 0. The van der Waals surface area contributed by atoms with E-state index in [-0.39, 0.29) is 19.6 Å². The van der Waals surface area contributed by atoms with Crippen molar-refractivity contribution in [2.24, 2.45) is 0 Å². The van der Waals surface area contributed by atoms with Crippen LogP contribution in [0.1, 0.15) is 168 Å². The van der Waals surface area contributed by atoms with E-state index in [2.05, 4.69) is 6.92 Å². The van der Waals surface area contributed by atoms with E-state index in [1.165, 1.54) is 135 Å². The third-order valence-electron chi connectivity index (χ3n) is 8.19. The number of esters is 2. The Balaban J connectivity index is 3.72. The van der Waals surface area contributed by atoms with Crippen molar-refractivity contribution in [1.29, 1.82) is 0 Å². The molecule has 0 aliphatic carbocycles. The fourth-order valence-electron chi connectivity index (χ4n) is 5.26. The van der Waals surface area contributed by atoms with Crippen molar-refractivity contribution in [2.45, 2.75) is 174 Å². The number of carbonyl (C=O) groups excluding carboxylic acids is 2. The highest BCUT2D eigenvalue weighted by Crippen LogP contribution is 2.38. The molecule has 0 saturated carbocycles. The van der Waals surface area contributed by atoms with E-state index >= 15 is 0 Å². The number of ether oxygens (including phenoxy) is 2. The van der Waals surface area contributed by atoms with E-state index in [1.54, 1.807) is 0 Å². The Morgan fingerprint density at radius 1 is 0.630 bits per heavy atom. The van der Waals surface area contributed by atoms with Gasteiger partial charge >= 0.3 is 11.9 Å². The van der Waals surface area contributed by atoms with Crippen molar-refractivity contribution in [3.05, 3.63) is 0 Å². The number of unbranched alkanes of at least 4 members (excludes halogenated alkanes) is 22. The van der Waals surface area contributed by atoms with Gasteiger partial charge in [-0.3, -0.25) is 14.2 Å². The molecule has 0 aliphatic rings. The molecular weight excluding hydrogens is 605 g/mol. The number of hydrogen-bond donors (Lipinski definition) is 0. The summed E-state index contributed by atoms with van der Waals surface area (Å²) in [6.45, 7) is 3.21. The molecule has 0 rings (SSSR count). The van der Waals surface area contributed by atoms with Crippen LogP contribution in [0.2, 0.25) is 0 Å². The van der Waals surface area contributed by atoms with Crippen LogP contribution in [0.3, 0.4) is 0 Å². The summed E-state index contributed by atoms with van der Waals surface area (Å²) in [7, 11) is 1.17. The molecule has 0 aromatic rings. The zero-order valence-electron chi connectivity index (χ0n) is 30.5. The molecule has 0 fully saturated rings. The SMILES string of the molecule is CCCCCCCCCCCCCCCCCCCCCCCCCC(=O)OC(COC(C)=O)COP(=O)([O-])OCC[N+](C)(C)C. The first-order chi connectivity index (χ1) is 21.9. The molecule has 0 radical (unpaired) electrons. The highest BCUT2D eigenvalue weighted by molar-refractivity contribution is 7.45. The van der Waals surface area contributed by atoms with E-state index in [4.69, 9.17) is 18.5 Å². The zero-order chi connectivity index (χ0) is 34.4. The highest BCUT2D eigenvalue weighted by Gasteiger charge is 2.21. The maximum Gasteiger partial charge on any atom is 0.306 e. The second kappa shape index (κ2) is 30.1. The molecule has 0 aromatic carbocycles. The van der Waals surface area contributed by atoms with Crippen LogP contribution in [0.15, 0.2) is 0 Å². The number of hydrogen-bond acceptors (Lipinski definition) is 8. The van der Waals surface area contributed by atoms with Gasteiger partial charge in [0.05, 0.1) is 27.7 Å². The van der Waals surface area contributed by atoms with E-state index in [9.17, 15) is 19.0 Å². The van der Waals surface area contributed by atoms with Crippen LogP contribution in [0.5, 0.6) is 0 Å². The predicted octanol–water partition coefficient (Wildman–Crippen LogP) is 9.05. The summed E-state index contributed by atoms with van der Waals surface area (Å²) < 4.78 is 32.6. The van der Waals surface area contributed by atoms with Gasteiger partial charge in [-0.1, -0.05) is 148 Å². The van der Waals surface area contributed by atoms with Crippen molar-refractivity contribution >= 4 is 19.8 Å². The average Bonchev–Trinajstić information content (AvgIpc) is 2.98. The van der Waals surface area contributed by atoms with E-state index < -0.39 is 32.5 Å². The van der Waals surface area contributed by atoms with Gasteiger partial charge in [-0.2, -0.15) is 0 Å². The fourth-order valence-corrected chi connectivity index (χ4v) is 5.99. The lowest BCUT2D eigenvalue weighted by Gasteiger charge is -2.28. The maximum absolute atomic E-state index is 12.3. The molecular formula is C36H72NO8P. The molecule has 0 heterocycles. The van der Waals surface area contributed by atoms with Crippen LogP contribution >= 0.6 is 7.82 Å². The van der Waals surface area contributed by atoms with Crippen molar-refractivity contribution in [3.8, 4) is 0 Å². The van der Waals surface area contributed by atoms with Crippen LogP contribution in [0.25, 0.3) is 0 Å². The lowest BCUT2D eigenvalue weighted by molar-refractivity contribution is -0.870. The maximum atomic E-state index is 12.3. The summed E-state index contributed by atoms with van der Waals surface area (Å²) in [4.78, 5) is 35.6. The van der Waals surface area contributed by atoms with E-state index in [1.807, 2.05) is 21.1 Å². The molecule has 274 valence electrons. The number of quaternary nitrogens is 1. The van der Waals surface area contributed by atoms with E-state index in [0.29, 0.717) is 17.4 Å². The number of phosphoric ester groups is 1. The minimum Gasteiger partial charge on any atom is -0.756 e. The first-order valence-electron chi connectivity index (χ1n) is 18.7. The number of rotatable bonds is 34. The third kappa shape index (κ3) is 34.3. The Labute approximate surface area is 283 Å². The number of carbonyl (C=O) groups is 2. The molecule has 46 heavy (non-hydrogen) atoms. The van der Waals surface area contributed by atoms with Gasteiger partial charge in [-0.15, -0.1) is 0 Å². The minimum atomic E-state index is -4.58. The van der Waals surface area contributed by atoms with Crippen LogP contribution in [0, 0.1) is 0 Å². The molecule has 0 spiro atoms. The van der Waals surface area contributed by atoms with Gasteiger partial charge in [-0.25, -0.2) is 0 Å². The van der Waals surface area contributed by atoms with Crippen LogP contribution in [0.4, 0.5) is 0 Å². The lowest BCUT2D eigenvalue weighted by Crippen LogP contribution is -2.37. The van der Waals surface area contributed by atoms with Gasteiger partial charge in [-0.05, 0) is 6.42 Å². The number of phosphoric acid groups is 1. The Morgan fingerprint density at radius 2 is 1.02 bits per heavy atom. The normalized spacial score (nSPS) is 13.8. The van der Waals surface area contributed by atoms with Crippen LogP contribution in [-0.2, 0) is 32.7 Å². The van der Waals surface area contributed by atoms with Gasteiger partial charge in [0.2, 0.25) is 0 Å². The standard InChI is InChI=1S/C36H72NO8P/c1-6-7-8-9-10-11-12-13-14-15-16-17-18-19-20-21-22-23-24-25-26-27-28-29-36(39)45-35(32-42-34(2)38)33-44-46(40,41)43-31-30-37(3,4)5/h35H,6-33H2,1-5H3. The monoisotopic (exact) mass is 677 g/mol. The Morgan fingerprint density at radius 3 is 1.39 bits per heavy atom. The second-order valence-corrected chi connectivity index (χ2v) is 15.4. The first-order valence-corrected chi connectivity index (χ1v) is 20.1. The molecule has 9 nitrogen and oxygen atoms in total. The Bertz CT molecular complexity index is 774. The second-order valence-electron chi connectivity index (χ2n) is 14.0. The number of nitrogens with zero attached hydrogens (tertiary/aromatic N) is 1. The first kappa shape index (κ1) is 45.0. The van der Waals surface area contributed by atoms with Crippen LogP contribution < -0.4 is 4.89 Å². The molecule has 2 unspecified atom stereocenters. The van der Waals surface area contributed by atoms with Gasteiger partial charge in [0.15, 0.2) is 6.10 Å². The molecule has 0 aliphatic heterocycles. The molecule has 0 N–H and O–H groups in total. The molecule has 10 heteroatoms. The van der Waals surface area contributed by atoms with E-state index in [0.717, 1.165) is 12.8 Å². The summed E-state index contributed by atoms with van der Waals surface area (Å²) in [6, 6.07) is 0. The summed E-state index contributed by atoms with van der Waals surface area (Å²) in [5.74, 6) is -1.02. The highest BCUT2D eigenvalue weighted by atomic mass is 31.2. The molecule has 0 amide bonds. The topological polar surface area (TPSA) is 111 Å². The van der Waals surface area contributed by atoms with Crippen molar-refractivity contribution in [2.75, 3.05) is 47.5 Å². The predicted molar refractivity (Wildman–Crippen MR) is 185 cm³/mol. The molecule has 0 aromatic heterocycles. The number of likely N-dealkylation sites (N-methyl/N-ethyl adjacent to an activating group) is 1. The van der Waals surface area contributed by atoms with Crippen LogP contribution in [-0.4, -0.2) is 70.0 Å². The fraction of sp³-hybridized carbons (Fsp3) is 0.944. The summed E-state index contributed by atoms with van der Waals surface area (Å²) in [5.41, 5.74) is 0. The molecule has 0 saturated heterocycles. The zero-order valence-corrected chi connectivity index (χ0v) is 31.4. The van der Waals surface area contributed by atoms with Gasteiger partial charge < -0.3 is 27.9 Å². The van der Waals surface area contributed by atoms with Gasteiger partial charge in [0.1, 0.15) is 19.8 Å². The average molecular weight is 678 g/mol. The Hall–Kier alpha value is -0.990. The lowest BCUT2D eigenvalue weighted by atomic mass is 10.0. The van der Waals surface area contributed by atoms with Crippen molar-refractivity contribution < 1.29 is 42.1 Å². The summed E-state index contributed by atoms with van der Waals surface area (Å²) in [6.07, 6.45) is 29.4. The smallest absolute Gasteiger partial charge is 0.306 e. The molecule has 0 bridgehead atoms. The largest absolute Gasteiger partial charge is 0.756 e.